The van der Waals surface area contributed by atoms with E-state index in [1.54, 1.807) is 12.1 Å². The van der Waals surface area contributed by atoms with Gasteiger partial charge in [-0.2, -0.15) is 0 Å². The van der Waals surface area contributed by atoms with Crippen molar-refractivity contribution < 1.29 is 4.92 Å². The van der Waals surface area contributed by atoms with Gasteiger partial charge in [-0.1, -0.05) is 25.5 Å². The maximum Gasteiger partial charge on any atom is 0.269 e. The molecule has 2 N–H and O–H groups in total. The molecular formula is C14H20N2O2. The van der Waals surface area contributed by atoms with Crippen LogP contribution in [-0.4, -0.2) is 10.5 Å². The van der Waals surface area contributed by atoms with Gasteiger partial charge in [0, 0.05) is 17.7 Å². The fraction of sp³-hybridized carbons (Fsp3) is 0.571. The fourth-order valence-electron chi connectivity index (χ4n) is 2.92. The zero-order valence-corrected chi connectivity index (χ0v) is 10.8. The van der Waals surface area contributed by atoms with Gasteiger partial charge in [-0.15, -0.1) is 0 Å². The summed E-state index contributed by atoms with van der Waals surface area (Å²) in [6.45, 7) is 2.21. The Kier molecular flexibility index (Phi) is 3.66. The summed E-state index contributed by atoms with van der Waals surface area (Å²) < 4.78 is 0. The first-order chi connectivity index (χ1) is 8.52. The molecule has 1 fully saturated rings. The Hall–Kier alpha value is -1.42. The SMILES string of the molecule is CCC1CCC(N)(Cc2ccc([N+](=O)[O-])cc2)C1. The smallest absolute Gasteiger partial charge is 0.269 e. The van der Waals surface area contributed by atoms with Gasteiger partial charge in [-0.25, -0.2) is 0 Å². The van der Waals surface area contributed by atoms with Gasteiger partial charge in [0.25, 0.3) is 5.69 Å². The van der Waals surface area contributed by atoms with E-state index in [0.29, 0.717) is 0 Å². The fourth-order valence-corrected chi connectivity index (χ4v) is 2.92. The predicted molar refractivity (Wildman–Crippen MR) is 71.4 cm³/mol. The maximum atomic E-state index is 10.6. The molecule has 1 aromatic carbocycles. The number of nitrogens with zero attached hydrogens (tertiary/aromatic N) is 1. The summed E-state index contributed by atoms with van der Waals surface area (Å²) in [5.74, 6) is 0.744. The van der Waals surface area contributed by atoms with Crippen LogP contribution in [0.3, 0.4) is 0 Å². The Balaban J connectivity index is 2.03. The Morgan fingerprint density at radius 1 is 1.44 bits per heavy atom. The summed E-state index contributed by atoms with van der Waals surface area (Å²) in [6.07, 6.45) is 5.35. The van der Waals surface area contributed by atoms with Crippen LogP contribution >= 0.6 is 0 Å². The molecular weight excluding hydrogens is 228 g/mol. The highest BCUT2D eigenvalue weighted by Crippen LogP contribution is 2.36. The lowest BCUT2D eigenvalue weighted by atomic mass is 9.89. The molecule has 1 aliphatic carbocycles. The van der Waals surface area contributed by atoms with E-state index in [0.717, 1.165) is 30.7 Å². The van der Waals surface area contributed by atoms with Crippen molar-refractivity contribution in [1.29, 1.82) is 0 Å². The first-order valence-electron chi connectivity index (χ1n) is 6.54. The Bertz CT molecular complexity index is 430. The molecule has 2 rings (SSSR count). The van der Waals surface area contributed by atoms with Gasteiger partial charge in [-0.05, 0) is 37.2 Å². The van der Waals surface area contributed by atoms with E-state index in [1.807, 2.05) is 12.1 Å². The normalized spacial score (nSPS) is 27.3. The van der Waals surface area contributed by atoms with Gasteiger partial charge < -0.3 is 5.73 Å². The minimum Gasteiger partial charge on any atom is -0.325 e. The molecule has 98 valence electrons. The largest absolute Gasteiger partial charge is 0.325 e. The van der Waals surface area contributed by atoms with Crippen molar-refractivity contribution in [3.05, 3.63) is 39.9 Å². The van der Waals surface area contributed by atoms with Crippen LogP contribution in [0.5, 0.6) is 0 Å². The van der Waals surface area contributed by atoms with E-state index in [9.17, 15) is 10.1 Å². The summed E-state index contributed by atoms with van der Waals surface area (Å²) in [5.41, 5.74) is 7.55. The van der Waals surface area contributed by atoms with Gasteiger partial charge in [0.2, 0.25) is 0 Å². The molecule has 1 aliphatic rings. The number of nitro groups is 1. The zero-order valence-electron chi connectivity index (χ0n) is 10.8. The van der Waals surface area contributed by atoms with E-state index < -0.39 is 0 Å². The Morgan fingerprint density at radius 2 is 2.11 bits per heavy atom. The maximum absolute atomic E-state index is 10.6. The monoisotopic (exact) mass is 248 g/mol. The van der Waals surface area contributed by atoms with Gasteiger partial charge >= 0.3 is 0 Å². The minimum absolute atomic E-state index is 0.114. The van der Waals surface area contributed by atoms with Crippen molar-refractivity contribution >= 4 is 5.69 Å². The molecule has 0 aromatic heterocycles. The number of nitrogens with two attached hydrogens (primary N) is 1. The molecule has 4 nitrogen and oxygen atoms in total. The molecule has 0 spiro atoms. The Labute approximate surface area is 107 Å². The molecule has 0 bridgehead atoms. The third-order valence-electron chi connectivity index (χ3n) is 4.03. The predicted octanol–water partition coefficient (Wildman–Crippen LogP) is 3.04. The quantitative estimate of drug-likeness (QED) is 0.657. The van der Waals surface area contributed by atoms with Crippen LogP contribution in [0.15, 0.2) is 24.3 Å². The van der Waals surface area contributed by atoms with E-state index in [2.05, 4.69) is 6.92 Å². The molecule has 0 radical (unpaired) electrons. The first kappa shape index (κ1) is 13.0. The second-order valence-electron chi connectivity index (χ2n) is 5.48. The van der Waals surface area contributed by atoms with Gasteiger partial charge in [0.05, 0.1) is 4.92 Å². The summed E-state index contributed by atoms with van der Waals surface area (Å²) in [4.78, 5) is 10.2. The van der Waals surface area contributed by atoms with Crippen molar-refractivity contribution in [3.8, 4) is 0 Å². The molecule has 0 saturated heterocycles. The van der Waals surface area contributed by atoms with Crippen molar-refractivity contribution in [2.75, 3.05) is 0 Å². The summed E-state index contributed by atoms with van der Waals surface area (Å²) in [5, 5.41) is 10.6. The second-order valence-corrected chi connectivity index (χ2v) is 5.48. The van der Waals surface area contributed by atoms with Crippen molar-refractivity contribution in [2.45, 2.75) is 44.6 Å². The zero-order chi connectivity index (χ0) is 13.2. The van der Waals surface area contributed by atoms with Crippen LogP contribution in [0.2, 0.25) is 0 Å². The highest BCUT2D eigenvalue weighted by molar-refractivity contribution is 5.33. The van der Waals surface area contributed by atoms with E-state index in [4.69, 9.17) is 5.73 Å². The van der Waals surface area contributed by atoms with Crippen LogP contribution < -0.4 is 5.73 Å². The topological polar surface area (TPSA) is 69.2 Å². The first-order valence-corrected chi connectivity index (χ1v) is 6.54. The van der Waals surface area contributed by atoms with Gasteiger partial charge in [0.15, 0.2) is 0 Å². The average Bonchev–Trinajstić information content (AvgIpc) is 2.71. The summed E-state index contributed by atoms with van der Waals surface area (Å²) >= 11 is 0. The number of rotatable bonds is 4. The summed E-state index contributed by atoms with van der Waals surface area (Å²) in [6, 6.07) is 6.77. The van der Waals surface area contributed by atoms with E-state index in [-0.39, 0.29) is 16.1 Å². The third kappa shape index (κ3) is 2.88. The molecule has 0 heterocycles. The average molecular weight is 248 g/mol. The van der Waals surface area contributed by atoms with Crippen LogP contribution in [0.25, 0.3) is 0 Å². The van der Waals surface area contributed by atoms with Crippen molar-refractivity contribution in [3.63, 3.8) is 0 Å². The molecule has 2 unspecified atom stereocenters. The lowest BCUT2D eigenvalue weighted by Gasteiger charge is -2.24. The number of nitro benzene ring substituents is 1. The Morgan fingerprint density at radius 3 is 2.61 bits per heavy atom. The van der Waals surface area contributed by atoms with Gasteiger partial charge in [-0.3, -0.25) is 10.1 Å². The lowest BCUT2D eigenvalue weighted by molar-refractivity contribution is -0.384. The molecule has 0 amide bonds. The lowest BCUT2D eigenvalue weighted by Crippen LogP contribution is -2.39. The minimum atomic E-state index is -0.370. The second kappa shape index (κ2) is 5.06. The van der Waals surface area contributed by atoms with Crippen molar-refractivity contribution in [2.24, 2.45) is 11.7 Å². The van der Waals surface area contributed by atoms with Crippen molar-refractivity contribution in [1.82, 2.24) is 0 Å². The molecule has 2 atom stereocenters. The van der Waals surface area contributed by atoms with Crippen LogP contribution in [0.4, 0.5) is 5.69 Å². The molecule has 4 heteroatoms. The highest BCUT2D eigenvalue weighted by Gasteiger charge is 2.34. The number of non-ortho nitro benzene ring substituents is 1. The number of hydrogen-bond acceptors (Lipinski definition) is 3. The van der Waals surface area contributed by atoms with Crippen LogP contribution in [-0.2, 0) is 6.42 Å². The van der Waals surface area contributed by atoms with Crippen LogP contribution in [0.1, 0.15) is 38.2 Å². The van der Waals surface area contributed by atoms with E-state index in [1.165, 1.54) is 12.8 Å². The molecule has 0 aliphatic heterocycles. The molecule has 18 heavy (non-hydrogen) atoms. The van der Waals surface area contributed by atoms with Crippen LogP contribution in [0, 0.1) is 16.0 Å². The molecule has 1 saturated carbocycles. The third-order valence-corrected chi connectivity index (χ3v) is 4.03. The molecule has 1 aromatic rings. The van der Waals surface area contributed by atoms with E-state index >= 15 is 0 Å². The van der Waals surface area contributed by atoms with Gasteiger partial charge in [0.1, 0.15) is 0 Å². The number of benzene rings is 1. The summed E-state index contributed by atoms with van der Waals surface area (Å²) in [7, 11) is 0. The highest BCUT2D eigenvalue weighted by atomic mass is 16.6. The number of hydrogen-bond donors (Lipinski definition) is 1. The standard InChI is InChI=1S/C14H20N2O2/c1-2-11-7-8-14(15,9-11)10-12-3-5-13(6-4-12)16(17)18/h3-6,11H,2,7-10,15H2,1H3.